The topological polar surface area (TPSA) is 159 Å². The van der Waals surface area contributed by atoms with Crippen molar-refractivity contribution in [1.29, 1.82) is 0 Å². The van der Waals surface area contributed by atoms with Crippen molar-refractivity contribution in [2.75, 3.05) is 6.61 Å². The predicted octanol–water partition coefficient (Wildman–Crippen LogP) is 6.24. The molecule has 238 valence electrons. The highest BCUT2D eigenvalue weighted by Gasteiger charge is 2.27. The molecule has 0 saturated heterocycles. The van der Waals surface area contributed by atoms with Crippen LogP contribution in [0.3, 0.4) is 0 Å². The van der Waals surface area contributed by atoms with Gasteiger partial charge in [0.2, 0.25) is 0 Å². The van der Waals surface area contributed by atoms with E-state index in [9.17, 15) is 19.2 Å². The summed E-state index contributed by atoms with van der Waals surface area (Å²) in [6.07, 6.45) is -1.26. The van der Waals surface area contributed by atoms with Crippen LogP contribution in [-0.2, 0) is 34.9 Å². The Morgan fingerprint density at radius 2 is 1.31 bits per heavy atom. The Morgan fingerprint density at radius 3 is 1.83 bits per heavy atom. The predicted molar refractivity (Wildman–Crippen MR) is 153 cm³/mol. The van der Waals surface area contributed by atoms with Crippen LogP contribution in [0.5, 0.6) is 11.5 Å². The van der Waals surface area contributed by atoms with E-state index in [0.717, 1.165) is 6.42 Å². The van der Waals surface area contributed by atoms with E-state index in [2.05, 4.69) is 0 Å². The van der Waals surface area contributed by atoms with E-state index in [1.165, 1.54) is 12.1 Å². The van der Waals surface area contributed by atoms with E-state index in [0.29, 0.717) is 24.8 Å². The Kier molecular flexibility index (Phi) is 14.6. The third-order valence-electron chi connectivity index (χ3n) is 6.33. The maximum Gasteiger partial charge on any atom is 0.514 e. The van der Waals surface area contributed by atoms with Crippen LogP contribution in [0.25, 0.3) is 0 Å². The third kappa shape index (κ3) is 13.9. The first-order valence-electron chi connectivity index (χ1n) is 14.2. The van der Waals surface area contributed by atoms with Crippen molar-refractivity contribution >= 4 is 24.4 Å². The molecule has 0 aliphatic carbocycles. The van der Waals surface area contributed by atoms with Gasteiger partial charge in [-0.25, -0.2) is 14.4 Å². The molecule has 1 aromatic carbocycles. The molecule has 0 spiro atoms. The van der Waals surface area contributed by atoms with Crippen molar-refractivity contribution < 1.29 is 52.3 Å². The molecule has 0 radical (unpaired) electrons. The zero-order valence-corrected chi connectivity index (χ0v) is 26.3. The first-order valence-corrected chi connectivity index (χ1v) is 14.2. The van der Waals surface area contributed by atoms with Gasteiger partial charge >= 0.3 is 24.4 Å². The monoisotopic (exact) mass is 597 g/mol. The highest BCUT2D eigenvalue weighted by atomic mass is 16.8. The lowest BCUT2D eigenvalue weighted by Gasteiger charge is -2.24. The van der Waals surface area contributed by atoms with E-state index < -0.39 is 47.8 Å². The number of ether oxygens (including phenoxy) is 7. The molecule has 1 rings (SSSR count). The Morgan fingerprint density at radius 1 is 0.786 bits per heavy atom. The molecular weight excluding hydrogens is 550 g/mol. The van der Waals surface area contributed by atoms with E-state index in [-0.39, 0.29) is 30.6 Å². The van der Waals surface area contributed by atoms with Gasteiger partial charge in [0.1, 0.15) is 36.1 Å². The molecule has 2 N–H and O–H groups in total. The van der Waals surface area contributed by atoms with Crippen LogP contribution in [0.4, 0.5) is 14.4 Å². The van der Waals surface area contributed by atoms with Gasteiger partial charge in [-0.2, -0.15) is 0 Å². The van der Waals surface area contributed by atoms with E-state index in [1.54, 1.807) is 47.6 Å². The van der Waals surface area contributed by atoms with Gasteiger partial charge in [0, 0.05) is 0 Å². The summed E-state index contributed by atoms with van der Waals surface area (Å²) < 4.78 is 36.8. The van der Waals surface area contributed by atoms with Crippen LogP contribution in [0.15, 0.2) is 18.2 Å². The second-order valence-electron chi connectivity index (χ2n) is 11.3. The fourth-order valence-electron chi connectivity index (χ4n) is 3.16. The minimum atomic E-state index is -1.10. The van der Waals surface area contributed by atoms with Crippen LogP contribution >= 0.6 is 0 Å². The molecule has 12 heteroatoms. The molecule has 0 saturated carbocycles. The summed E-state index contributed by atoms with van der Waals surface area (Å²) in [5.41, 5.74) is 4.96. The first kappa shape index (κ1) is 36.5. The first-order chi connectivity index (χ1) is 19.5. The minimum absolute atomic E-state index is 0.00982. The molecule has 0 aromatic heterocycles. The van der Waals surface area contributed by atoms with Crippen molar-refractivity contribution in [1.82, 2.24) is 0 Å². The largest absolute Gasteiger partial charge is 0.514 e. The molecule has 0 aliphatic rings. The zero-order valence-electron chi connectivity index (χ0n) is 26.3. The Hall–Kier alpha value is -3.54. The maximum absolute atomic E-state index is 12.5. The highest BCUT2D eigenvalue weighted by molar-refractivity contribution is 5.76. The van der Waals surface area contributed by atoms with Crippen LogP contribution in [0.1, 0.15) is 93.6 Å². The normalized spacial score (nSPS) is 13.7. The van der Waals surface area contributed by atoms with Crippen LogP contribution in [0.2, 0.25) is 0 Å². The Balaban J connectivity index is 2.92. The second kappa shape index (κ2) is 16.8. The Labute approximate surface area is 248 Å². The number of carbonyl (C=O) groups is 4. The smallest absolute Gasteiger partial charge is 0.461 e. The molecule has 0 aliphatic heterocycles. The zero-order chi connectivity index (χ0) is 32.1. The molecule has 1 unspecified atom stereocenters. The maximum atomic E-state index is 12.5. The van der Waals surface area contributed by atoms with E-state index in [1.807, 2.05) is 20.8 Å². The lowest BCUT2D eigenvalue weighted by Crippen LogP contribution is -2.36. The van der Waals surface area contributed by atoms with Crippen LogP contribution in [-0.4, -0.2) is 60.5 Å². The van der Waals surface area contributed by atoms with Gasteiger partial charge in [0.15, 0.2) is 11.5 Å². The summed E-state index contributed by atoms with van der Waals surface area (Å²) in [7, 11) is 0. The summed E-state index contributed by atoms with van der Waals surface area (Å²) in [6, 6.07) is 3.24. The summed E-state index contributed by atoms with van der Waals surface area (Å²) in [5.74, 6) is -0.964. The van der Waals surface area contributed by atoms with Gasteiger partial charge in [-0.15, -0.1) is 0 Å². The standard InChI is InChI=1S/C30H47NO11/c1-10-13-19(4)37-26(33)38-20(5)18-36-25(32)22(31)16-21-14-15-23(39-27(34)41-29(6,7)11-2)24(17-21)40-28(35)42-30(8,9)12-3/h14-15,17,19-20,22H,10-13,16,18,31H2,1-9H3/t19?,20-,22-/m0/s1. The molecule has 3 atom stereocenters. The van der Waals surface area contributed by atoms with Crippen molar-refractivity contribution in [3.63, 3.8) is 0 Å². The molecular formula is C30H47NO11. The highest BCUT2D eigenvalue weighted by Crippen LogP contribution is 2.31. The molecule has 42 heavy (non-hydrogen) atoms. The summed E-state index contributed by atoms with van der Waals surface area (Å²) in [6.45, 7) is 15.7. The number of esters is 1. The number of rotatable bonds is 15. The average Bonchev–Trinajstić information content (AvgIpc) is 2.88. The van der Waals surface area contributed by atoms with E-state index >= 15 is 0 Å². The molecule has 0 heterocycles. The second-order valence-corrected chi connectivity index (χ2v) is 11.3. The quantitative estimate of drug-likeness (QED) is 0.138. The van der Waals surface area contributed by atoms with Crippen LogP contribution in [0, 0.1) is 0 Å². The number of hydrogen-bond acceptors (Lipinski definition) is 12. The van der Waals surface area contributed by atoms with Gasteiger partial charge in [0.05, 0.1) is 0 Å². The molecule has 0 amide bonds. The average molecular weight is 598 g/mol. The molecule has 12 nitrogen and oxygen atoms in total. The SMILES string of the molecule is CCCC(C)OC(=O)O[C@@H](C)COC(=O)[C@@H](N)Cc1ccc(OC(=O)OC(C)(C)CC)c(OC(=O)OC(C)(C)CC)c1. The number of nitrogens with two attached hydrogens (primary N) is 1. The molecule has 1 aromatic rings. The van der Waals surface area contributed by atoms with Crippen LogP contribution < -0.4 is 15.2 Å². The van der Waals surface area contributed by atoms with Gasteiger partial charge in [-0.05, 0) is 84.9 Å². The number of benzene rings is 1. The summed E-state index contributed by atoms with van der Waals surface area (Å²) >= 11 is 0. The fourth-order valence-corrected chi connectivity index (χ4v) is 3.16. The van der Waals surface area contributed by atoms with Crippen molar-refractivity contribution in [3.8, 4) is 11.5 Å². The van der Waals surface area contributed by atoms with Crippen molar-refractivity contribution in [2.45, 2.75) is 124 Å². The number of hydrogen-bond donors (Lipinski definition) is 1. The van der Waals surface area contributed by atoms with Gasteiger partial charge in [-0.3, -0.25) is 4.79 Å². The summed E-state index contributed by atoms with van der Waals surface area (Å²) in [4.78, 5) is 49.3. The Bertz CT molecular complexity index is 1050. The minimum Gasteiger partial charge on any atom is -0.461 e. The molecule has 0 fully saturated rings. The molecule has 0 bridgehead atoms. The summed E-state index contributed by atoms with van der Waals surface area (Å²) in [5, 5.41) is 0. The number of carbonyl (C=O) groups excluding carboxylic acids is 4. The fraction of sp³-hybridized carbons (Fsp3) is 0.667. The van der Waals surface area contributed by atoms with Gasteiger partial charge in [-0.1, -0.05) is 33.3 Å². The van der Waals surface area contributed by atoms with Crippen molar-refractivity contribution in [2.24, 2.45) is 5.73 Å². The van der Waals surface area contributed by atoms with E-state index in [4.69, 9.17) is 38.9 Å². The lowest BCUT2D eigenvalue weighted by atomic mass is 10.1. The van der Waals surface area contributed by atoms with Crippen molar-refractivity contribution in [3.05, 3.63) is 23.8 Å². The lowest BCUT2D eigenvalue weighted by molar-refractivity contribution is -0.148. The third-order valence-corrected chi connectivity index (χ3v) is 6.33. The van der Waals surface area contributed by atoms with Gasteiger partial charge < -0.3 is 38.9 Å². The van der Waals surface area contributed by atoms with Gasteiger partial charge in [0.25, 0.3) is 0 Å².